The highest BCUT2D eigenvalue weighted by molar-refractivity contribution is 6.32. The summed E-state index contributed by atoms with van der Waals surface area (Å²) in [6.07, 6.45) is 3.22. The van der Waals surface area contributed by atoms with Crippen LogP contribution in [0, 0.1) is 0 Å². The molecule has 2 aromatic rings. The number of alkyl halides is 2. The van der Waals surface area contributed by atoms with Gasteiger partial charge in [0.1, 0.15) is 5.82 Å². The van der Waals surface area contributed by atoms with E-state index in [0.29, 0.717) is 35.2 Å². The number of rotatable bonds is 4. The molecule has 3 heterocycles. The van der Waals surface area contributed by atoms with Gasteiger partial charge < -0.3 is 15.2 Å². The van der Waals surface area contributed by atoms with E-state index in [1.54, 1.807) is 17.0 Å². The van der Waals surface area contributed by atoms with Gasteiger partial charge in [0, 0.05) is 49.8 Å². The fourth-order valence-electron chi connectivity index (χ4n) is 3.54. The zero-order valence-electron chi connectivity index (χ0n) is 15.7. The summed E-state index contributed by atoms with van der Waals surface area (Å²) in [5, 5.41) is 3.07. The molecular formula is C20H21ClF2N4O2. The van der Waals surface area contributed by atoms with Crippen molar-refractivity contribution in [3.8, 4) is 0 Å². The summed E-state index contributed by atoms with van der Waals surface area (Å²) >= 11 is 6.39. The van der Waals surface area contributed by atoms with Crippen LogP contribution in [0.2, 0.25) is 5.02 Å². The van der Waals surface area contributed by atoms with Crippen LogP contribution in [-0.2, 0) is 0 Å². The highest BCUT2D eigenvalue weighted by atomic mass is 35.5. The van der Waals surface area contributed by atoms with E-state index in [1.165, 1.54) is 12.3 Å². The van der Waals surface area contributed by atoms with E-state index < -0.39 is 11.8 Å². The van der Waals surface area contributed by atoms with Crippen molar-refractivity contribution in [1.29, 1.82) is 0 Å². The molecule has 0 radical (unpaired) electrons. The number of halogens is 3. The molecule has 154 valence electrons. The maximum Gasteiger partial charge on any atom is 0.259 e. The normalized spacial score (nSPS) is 18.9. The second kappa shape index (κ2) is 7.74. The third-order valence-corrected chi connectivity index (χ3v) is 5.54. The highest BCUT2D eigenvalue weighted by Gasteiger charge is 2.35. The number of nitrogens with zero attached hydrogens (tertiary/aromatic N) is 2. The summed E-state index contributed by atoms with van der Waals surface area (Å²) in [5.74, 6) is -2.58. The van der Waals surface area contributed by atoms with Gasteiger partial charge in [-0.15, -0.1) is 0 Å². The van der Waals surface area contributed by atoms with Crippen LogP contribution in [0.4, 0.5) is 20.3 Å². The van der Waals surface area contributed by atoms with Gasteiger partial charge in [0.05, 0.1) is 16.3 Å². The molecule has 1 aliphatic heterocycles. The molecular weight excluding hydrogens is 402 g/mol. The molecule has 2 fully saturated rings. The maximum atomic E-state index is 13.8. The quantitative estimate of drug-likeness (QED) is 0.774. The summed E-state index contributed by atoms with van der Waals surface area (Å²) in [6, 6.07) is 4.37. The van der Waals surface area contributed by atoms with Crippen molar-refractivity contribution in [1.82, 2.24) is 9.97 Å². The number of pyridine rings is 2. The van der Waals surface area contributed by atoms with Crippen LogP contribution >= 0.6 is 11.6 Å². The van der Waals surface area contributed by atoms with Crippen LogP contribution in [0.25, 0.3) is 0 Å². The molecule has 29 heavy (non-hydrogen) atoms. The zero-order valence-corrected chi connectivity index (χ0v) is 16.4. The molecule has 1 aliphatic carbocycles. The number of hydrogen-bond donors (Lipinski definition) is 2. The average molecular weight is 423 g/mol. The molecule has 2 aliphatic rings. The van der Waals surface area contributed by atoms with Gasteiger partial charge in [-0.25, -0.2) is 13.8 Å². The molecule has 0 unspecified atom stereocenters. The van der Waals surface area contributed by atoms with Gasteiger partial charge in [-0.05, 0) is 31.4 Å². The van der Waals surface area contributed by atoms with Crippen molar-refractivity contribution in [2.24, 2.45) is 0 Å². The van der Waals surface area contributed by atoms with E-state index in [9.17, 15) is 18.4 Å². The Balaban J connectivity index is 1.69. The summed E-state index contributed by atoms with van der Waals surface area (Å²) in [6.45, 7) is 0.497. The number of carbonyl (C=O) groups excluding carboxylic acids is 1. The Labute approximate surface area is 171 Å². The van der Waals surface area contributed by atoms with Crippen LogP contribution in [0.5, 0.6) is 0 Å². The van der Waals surface area contributed by atoms with Crippen LogP contribution in [0.3, 0.4) is 0 Å². The van der Waals surface area contributed by atoms with Gasteiger partial charge in [0.25, 0.3) is 5.91 Å². The van der Waals surface area contributed by atoms with Gasteiger partial charge in [-0.1, -0.05) is 11.6 Å². The van der Waals surface area contributed by atoms with Crippen molar-refractivity contribution < 1.29 is 13.6 Å². The first kappa shape index (κ1) is 19.8. The number of anilines is 2. The third kappa shape index (κ3) is 4.58. The first-order chi connectivity index (χ1) is 13.8. The molecule has 1 saturated heterocycles. The lowest BCUT2D eigenvalue weighted by Gasteiger charge is -2.25. The van der Waals surface area contributed by atoms with Crippen LogP contribution in [-0.4, -0.2) is 34.9 Å². The first-order valence-corrected chi connectivity index (χ1v) is 10.0. The molecule has 2 aromatic heterocycles. The van der Waals surface area contributed by atoms with E-state index in [0.717, 1.165) is 12.8 Å². The van der Waals surface area contributed by atoms with E-state index in [4.69, 9.17) is 11.6 Å². The van der Waals surface area contributed by atoms with Crippen LogP contribution < -0.4 is 15.8 Å². The molecule has 4 rings (SSSR count). The molecule has 2 N–H and O–H groups in total. The minimum Gasteiger partial charge on any atom is -0.356 e. The fraction of sp³-hybridized carbons (Fsp3) is 0.450. The number of aromatic nitrogens is 2. The maximum absolute atomic E-state index is 13.8. The van der Waals surface area contributed by atoms with Gasteiger partial charge in [-0.3, -0.25) is 9.59 Å². The Kier molecular flexibility index (Phi) is 5.29. The Morgan fingerprint density at radius 3 is 2.79 bits per heavy atom. The van der Waals surface area contributed by atoms with Crippen LogP contribution in [0.15, 0.2) is 29.2 Å². The van der Waals surface area contributed by atoms with Gasteiger partial charge in [0.2, 0.25) is 11.5 Å². The fourth-order valence-corrected chi connectivity index (χ4v) is 3.85. The zero-order chi connectivity index (χ0) is 20.6. The molecule has 0 bridgehead atoms. The lowest BCUT2D eigenvalue weighted by Crippen LogP contribution is -2.30. The summed E-state index contributed by atoms with van der Waals surface area (Å²) in [7, 11) is 0. The highest BCUT2D eigenvalue weighted by Crippen LogP contribution is 2.44. The Morgan fingerprint density at radius 2 is 2.07 bits per heavy atom. The number of aromatic amines is 1. The Morgan fingerprint density at radius 1 is 1.28 bits per heavy atom. The topological polar surface area (TPSA) is 78.1 Å². The number of amides is 1. The van der Waals surface area contributed by atoms with E-state index in [-0.39, 0.29) is 36.4 Å². The first-order valence-electron chi connectivity index (χ1n) is 9.66. The molecule has 9 heteroatoms. The van der Waals surface area contributed by atoms with Gasteiger partial charge in [-0.2, -0.15) is 0 Å². The number of nitrogens with one attached hydrogen (secondary N) is 2. The average Bonchev–Trinajstić information content (AvgIpc) is 3.50. The Hall–Kier alpha value is -2.48. The number of carbonyl (C=O) groups is 1. The largest absolute Gasteiger partial charge is 0.356 e. The lowest BCUT2D eigenvalue weighted by atomic mass is 10.1. The van der Waals surface area contributed by atoms with E-state index in [1.807, 2.05) is 0 Å². The SMILES string of the molecule is O=C(Nc1cc[nH]c(=O)c1)c1cc(Cl)c(C2CC2)nc1N1CCCC(F)(F)CC1. The minimum atomic E-state index is -2.71. The summed E-state index contributed by atoms with van der Waals surface area (Å²) in [4.78, 5) is 33.3. The third-order valence-electron chi connectivity index (χ3n) is 5.24. The van der Waals surface area contributed by atoms with Crippen LogP contribution in [0.1, 0.15) is 54.1 Å². The second-order valence-corrected chi connectivity index (χ2v) is 8.00. The minimum absolute atomic E-state index is 0.108. The Bertz CT molecular complexity index is 991. The molecule has 1 amide bonds. The molecule has 0 spiro atoms. The number of hydrogen-bond acceptors (Lipinski definition) is 4. The van der Waals surface area contributed by atoms with Crippen molar-refractivity contribution in [3.05, 3.63) is 51.0 Å². The number of H-pyrrole nitrogens is 1. The molecule has 0 aromatic carbocycles. The molecule has 6 nitrogen and oxygen atoms in total. The smallest absolute Gasteiger partial charge is 0.259 e. The monoisotopic (exact) mass is 422 g/mol. The van der Waals surface area contributed by atoms with Gasteiger partial charge >= 0.3 is 0 Å². The molecule has 1 saturated carbocycles. The van der Waals surface area contributed by atoms with E-state index >= 15 is 0 Å². The predicted octanol–water partition coefficient (Wildman–Crippen LogP) is 4.18. The lowest BCUT2D eigenvalue weighted by molar-refractivity contribution is -0.0102. The predicted molar refractivity (Wildman–Crippen MR) is 107 cm³/mol. The summed E-state index contributed by atoms with van der Waals surface area (Å²) < 4.78 is 27.7. The van der Waals surface area contributed by atoms with Crippen molar-refractivity contribution >= 4 is 29.0 Å². The van der Waals surface area contributed by atoms with Crippen molar-refractivity contribution in [3.63, 3.8) is 0 Å². The van der Waals surface area contributed by atoms with Gasteiger partial charge in [0.15, 0.2) is 0 Å². The standard InChI is InChI=1S/C20H21ClF2N4O2/c21-15-11-14(19(29)25-13-4-7-24-16(28)10-13)18(26-17(15)12-2-3-12)27-8-1-5-20(22,23)6-9-27/h4,7,10-12H,1-3,5-6,8-9H2,(H2,24,25,28,29). The van der Waals surface area contributed by atoms with Crippen molar-refractivity contribution in [2.45, 2.75) is 43.9 Å². The van der Waals surface area contributed by atoms with Crippen molar-refractivity contribution in [2.75, 3.05) is 23.3 Å². The summed E-state index contributed by atoms with van der Waals surface area (Å²) in [5.41, 5.74) is 0.905. The van der Waals surface area contributed by atoms with E-state index in [2.05, 4.69) is 15.3 Å². The second-order valence-electron chi connectivity index (χ2n) is 7.59. The molecule has 0 atom stereocenters.